The summed E-state index contributed by atoms with van der Waals surface area (Å²) in [6.45, 7) is 8.63. The Morgan fingerprint density at radius 2 is 2.13 bits per heavy atom. The van der Waals surface area contributed by atoms with Crippen LogP contribution in [0.3, 0.4) is 0 Å². The first-order valence-corrected chi connectivity index (χ1v) is 7.58. The zero-order valence-electron chi connectivity index (χ0n) is 13.7. The van der Waals surface area contributed by atoms with Crippen molar-refractivity contribution in [2.45, 2.75) is 39.8 Å². The van der Waals surface area contributed by atoms with Gasteiger partial charge in [-0.3, -0.25) is 10.2 Å². The maximum absolute atomic E-state index is 11.5. The molecule has 1 aromatic heterocycles. The number of carbonyl (C=O) groups is 1. The minimum absolute atomic E-state index is 0.0672. The maximum atomic E-state index is 11.5. The van der Waals surface area contributed by atoms with Crippen LogP contribution in [0.2, 0.25) is 5.02 Å². The number of aromatic nitrogens is 2. The quantitative estimate of drug-likeness (QED) is 0.511. The van der Waals surface area contributed by atoms with E-state index in [1.165, 1.54) is 16.4 Å². The zero-order valence-corrected chi connectivity index (χ0v) is 14.4. The van der Waals surface area contributed by atoms with Crippen molar-refractivity contribution < 1.29 is 9.53 Å². The fourth-order valence-corrected chi connectivity index (χ4v) is 2.34. The predicted octanol–water partition coefficient (Wildman–Crippen LogP) is 2.78. The van der Waals surface area contributed by atoms with Gasteiger partial charge in [0.05, 0.1) is 5.02 Å². The van der Waals surface area contributed by atoms with Crippen molar-refractivity contribution in [2.75, 3.05) is 0 Å². The molecule has 23 heavy (non-hydrogen) atoms. The van der Waals surface area contributed by atoms with Crippen LogP contribution in [0.25, 0.3) is 0 Å². The van der Waals surface area contributed by atoms with Crippen LogP contribution >= 0.6 is 11.6 Å². The average molecular weight is 337 g/mol. The molecule has 0 radical (unpaired) electrons. The van der Waals surface area contributed by atoms with Gasteiger partial charge in [0, 0.05) is 6.20 Å². The number of aryl methyl sites for hydroxylation is 1. The number of rotatable bonds is 4. The highest BCUT2D eigenvalue weighted by atomic mass is 35.5. The van der Waals surface area contributed by atoms with Crippen LogP contribution in [-0.2, 0) is 12.1 Å². The van der Waals surface area contributed by atoms with Crippen molar-refractivity contribution in [1.29, 1.82) is 0 Å². The maximum Gasteiger partial charge on any atom is 0.287 e. The van der Waals surface area contributed by atoms with E-state index in [1.54, 1.807) is 0 Å². The van der Waals surface area contributed by atoms with E-state index < -0.39 is 5.91 Å². The van der Waals surface area contributed by atoms with Crippen LogP contribution < -0.4 is 16.0 Å². The number of benzene rings is 1. The third kappa shape index (κ3) is 4.03. The fraction of sp³-hybridized carbons (Fsp3) is 0.375. The van der Waals surface area contributed by atoms with Crippen LogP contribution in [0.15, 0.2) is 24.4 Å². The smallest absolute Gasteiger partial charge is 0.287 e. The summed E-state index contributed by atoms with van der Waals surface area (Å²) in [4.78, 5) is 11.5. The first kappa shape index (κ1) is 17.3. The van der Waals surface area contributed by atoms with Gasteiger partial charge in [0.25, 0.3) is 5.91 Å². The van der Waals surface area contributed by atoms with E-state index in [0.29, 0.717) is 0 Å². The van der Waals surface area contributed by atoms with Gasteiger partial charge in [0.15, 0.2) is 12.4 Å². The van der Waals surface area contributed by atoms with Gasteiger partial charge in [0.1, 0.15) is 5.75 Å². The Hall–Kier alpha value is -2.05. The standard InChI is InChI=1S/C16H21ClN4O2/c1-10-7-11(16(2,3)4)5-6-13(10)23-9-21-8-12(17)14(20-21)15(22)19-18/h5-8H,9,18H2,1-4H3,(H,19,22). The molecular formula is C16H21ClN4O2. The number of amides is 1. The second-order valence-corrected chi connectivity index (χ2v) is 6.75. The Balaban J connectivity index is 2.11. The number of nitrogen functional groups attached to an aromatic ring is 1. The lowest BCUT2D eigenvalue weighted by molar-refractivity contribution is 0.0946. The summed E-state index contributed by atoms with van der Waals surface area (Å²) in [7, 11) is 0. The molecule has 0 saturated heterocycles. The van der Waals surface area contributed by atoms with Crippen LogP contribution in [-0.4, -0.2) is 15.7 Å². The van der Waals surface area contributed by atoms with Gasteiger partial charge in [-0.25, -0.2) is 10.5 Å². The Bertz CT molecular complexity index is 719. The highest BCUT2D eigenvalue weighted by Crippen LogP contribution is 2.27. The third-order valence-corrected chi connectivity index (χ3v) is 3.73. The lowest BCUT2D eigenvalue weighted by atomic mass is 9.86. The number of halogens is 1. The first-order valence-electron chi connectivity index (χ1n) is 7.20. The number of nitrogens with two attached hydrogens (primary N) is 1. The molecule has 0 fully saturated rings. The number of hydrogen-bond acceptors (Lipinski definition) is 4. The molecule has 2 aromatic rings. The molecule has 1 heterocycles. The van der Waals surface area contributed by atoms with E-state index in [2.05, 4.69) is 31.9 Å². The summed E-state index contributed by atoms with van der Waals surface area (Å²) in [5, 5.41) is 4.27. The second-order valence-electron chi connectivity index (χ2n) is 6.34. The highest BCUT2D eigenvalue weighted by molar-refractivity contribution is 6.33. The van der Waals surface area contributed by atoms with E-state index in [4.69, 9.17) is 22.2 Å². The van der Waals surface area contributed by atoms with Crippen molar-refractivity contribution in [1.82, 2.24) is 15.2 Å². The Kier molecular flexibility index (Phi) is 4.97. The highest BCUT2D eigenvalue weighted by Gasteiger charge is 2.16. The van der Waals surface area contributed by atoms with E-state index in [9.17, 15) is 4.79 Å². The van der Waals surface area contributed by atoms with Crippen molar-refractivity contribution >= 4 is 17.5 Å². The number of hydrazine groups is 1. The molecule has 6 nitrogen and oxygen atoms in total. The number of hydrogen-bond donors (Lipinski definition) is 2. The first-order chi connectivity index (χ1) is 10.7. The number of nitrogens with zero attached hydrogens (tertiary/aromatic N) is 2. The molecule has 0 aliphatic heterocycles. The van der Waals surface area contributed by atoms with Crippen LogP contribution in [0.1, 0.15) is 42.4 Å². The molecular weight excluding hydrogens is 316 g/mol. The van der Waals surface area contributed by atoms with Crippen LogP contribution in [0, 0.1) is 6.92 Å². The zero-order chi connectivity index (χ0) is 17.2. The third-order valence-electron chi connectivity index (χ3n) is 3.46. The van der Waals surface area contributed by atoms with E-state index in [0.717, 1.165) is 11.3 Å². The van der Waals surface area contributed by atoms with Crippen molar-refractivity contribution in [3.05, 3.63) is 46.2 Å². The molecule has 1 aromatic carbocycles. The molecule has 0 aliphatic carbocycles. The summed E-state index contributed by atoms with van der Waals surface area (Å²) in [6, 6.07) is 6.10. The molecule has 3 N–H and O–H groups in total. The summed E-state index contributed by atoms with van der Waals surface area (Å²) < 4.78 is 7.20. The number of nitrogens with one attached hydrogen (secondary N) is 1. The molecule has 0 aliphatic rings. The molecule has 0 spiro atoms. The lowest BCUT2D eigenvalue weighted by Gasteiger charge is -2.20. The fourth-order valence-electron chi connectivity index (χ4n) is 2.10. The second kappa shape index (κ2) is 6.60. The number of carbonyl (C=O) groups excluding carboxylic acids is 1. The van der Waals surface area contributed by atoms with Crippen molar-refractivity contribution in [3.63, 3.8) is 0 Å². The van der Waals surface area contributed by atoms with E-state index >= 15 is 0 Å². The van der Waals surface area contributed by atoms with Gasteiger partial charge < -0.3 is 4.74 Å². The summed E-state index contributed by atoms with van der Waals surface area (Å²) in [5.41, 5.74) is 4.43. The van der Waals surface area contributed by atoms with Gasteiger partial charge in [-0.05, 0) is 29.5 Å². The molecule has 0 saturated carbocycles. The minimum Gasteiger partial charge on any atom is -0.471 e. The molecule has 1 amide bonds. The Labute approximate surface area is 140 Å². The summed E-state index contributed by atoms with van der Waals surface area (Å²) >= 11 is 5.95. The van der Waals surface area contributed by atoms with Gasteiger partial charge in [-0.2, -0.15) is 5.10 Å². The number of ether oxygens (including phenoxy) is 1. The summed E-state index contributed by atoms with van der Waals surface area (Å²) in [6.07, 6.45) is 1.52. The predicted molar refractivity (Wildman–Crippen MR) is 89.4 cm³/mol. The van der Waals surface area contributed by atoms with Gasteiger partial charge in [-0.15, -0.1) is 0 Å². The SMILES string of the molecule is Cc1cc(C(C)(C)C)ccc1OCn1cc(Cl)c(C(=O)NN)n1. The summed E-state index contributed by atoms with van der Waals surface area (Å²) in [5.74, 6) is 5.29. The molecule has 2 rings (SSSR count). The normalized spacial score (nSPS) is 11.4. The van der Waals surface area contributed by atoms with E-state index in [1.807, 2.05) is 24.5 Å². The van der Waals surface area contributed by atoms with Crippen LogP contribution in [0.5, 0.6) is 5.75 Å². The molecule has 0 bridgehead atoms. The monoisotopic (exact) mass is 336 g/mol. The van der Waals surface area contributed by atoms with Gasteiger partial charge in [0.2, 0.25) is 0 Å². The average Bonchev–Trinajstić information content (AvgIpc) is 2.85. The molecule has 0 unspecified atom stereocenters. The molecule has 7 heteroatoms. The molecule has 0 atom stereocenters. The lowest BCUT2D eigenvalue weighted by Crippen LogP contribution is -2.30. The van der Waals surface area contributed by atoms with Crippen molar-refractivity contribution in [3.8, 4) is 5.75 Å². The van der Waals surface area contributed by atoms with E-state index in [-0.39, 0.29) is 22.9 Å². The van der Waals surface area contributed by atoms with Gasteiger partial charge >= 0.3 is 0 Å². The Morgan fingerprint density at radius 1 is 1.43 bits per heavy atom. The van der Waals surface area contributed by atoms with Crippen LogP contribution in [0.4, 0.5) is 0 Å². The molecule has 124 valence electrons. The van der Waals surface area contributed by atoms with Gasteiger partial charge in [-0.1, -0.05) is 44.5 Å². The topological polar surface area (TPSA) is 82.2 Å². The largest absolute Gasteiger partial charge is 0.471 e. The minimum atomic E-state index is -0.542. The van der Waals surface area contributed by atoms with Crippen molar-refractivity contribution in [2.24, 2.45) is 5.84 Å². The Morgan fingerprint density at radius 3 is 2.70 bits per heavy atom.